The Balaban J connectivity index is 1.60. The lowest BCUT2D eigenvalue weighted by Gasteiger charge is -2.20. The van der Waals surface area contributed by atoms with Gasteiger partial charge in [-0.2, -0.15) is 0 Å². The number of amides is 1. The first-order chi connectivity index (χ1) is 12.5. The second-order valence-electron chi connectivity index (χ2n) is 5.78. The highest BCUT2D eigenvalue weighted by Crippen LogP contribution is 2.19. The molecule has 1 aromatic heterocycles. The minimum absolute atomic E-state index is 0.174. The molecule has 26 heavy (non-hydrogen) atoms. The number of ether oxygens (including phenoxy) is 1. The van der Waals surface area contributed by atoms with E-state index in [1.54, 1.807) is 26.1 Å². The number of hydrogen-bond acceptors (Lipinski definition) is 5. The van der Waals surface area contributed by atoms with E-state index in [4.69, 9.17) is 9.15 Å². The molecule has 0 bridgehead atoms. The van der Waals surface area contributed by atoms with Crippen LogP contribution in [0.3, 0.4) is 0 Å². The van der Waals surface area contributed by atoms with Gasteiger partial charge in [-0.1, -0.05) is 34.1 Å². The molecule has 0 saturated carbocycles. The molecule has 3 rings (SSSR count). The first-order valence-electron chi connectivity index (χ1n) is 8.08. The van der Waals surface area contributed by atoms with Crippen LogP contribution in [0, 0.1) is 0 Å². The first kappa shape index (κ1) is 18.1. The molecule has 0 aliphatic heterocycles. The van der Waals surface area contributed by atoms with Crippen LogP contribution in [0.15, 0.2) is 63.5 Å². The van der Waals surface area contributed by atoms with E-state index in [-0.39, 0.29) is 12.5 Å². The van der Waals surface area contributed by atoms with Crippen molar-refractivity contribution in [2.24, 2.45) is 0 Å². The van der Waals surface area contributed by atoms with Crippen molar-refractivity contribution in [3.8, 4) is 17.2 Å². The van der Waals surface area contributed by atoms with E-state index in [2.05, 4.69) is 26.1 Å². The Morgan fingerprint density at radius 2 is 1.85 bits per heavy atom. The molecule has 1 atom stereocenters. The van der Waals surface area contributed by atoms with Crippen LogP contribution in [-0.2, 0) is 11.3 Å². The van der Waals surface area contributed by atoms with E-state index in [9.17, 15) is 4.79 Å². The summed E-state index contributed by atoms with van der Waals surface area (Å²) in [5.41, 5.74) is 0.840. The number of nitrogens with zero attached hydrogens (tertiary/aromatic N) is 3. The van der Waals surface area contributed by atoms with Gasteiger partial charge >= 0.3 is 0 Å². The molecule has 0 aliphatic carbocycles. The van der Waals surface area contributed by atoms with Gasteiger partial charge in [0.05, 0.1) is 6.54 Å². The largest absolute Gasteiger partial charge is 0.481 e. The monoisotopic (exact) mass is 415 g/mol. The Morgan fingerprint density at radius 3 is 2.54 bits per heavy atom. The van der Waals surface area contributed by atoms with E-state index in [1.165, 1.54) is 4.90 Å². The number of rotatable bonds is 6. The Bertz CT molecular complexity index is 865. The highest BCUT2D eigenvalue weighted by molar-refractivity contribution is 9.10. The van der Waals surface area contributed by atoms with Gasteiger partial charge in [0.15, 0.2) is 6.10 Å². The van der Waals surface area contributed by atoms with Crippen LogP contribution in [-0.4, -0.2) is 34.2 Å². The van der Waals surface area contributed by atoms with Gasteiger partial charge in [-0.3, -0.25) is 4.79 Å². The van der Waals surface area contributed by atoms with Crippen LogP contribution in [0.2, 0.25) is 0 Å². The van der Waals surface area contributed by atoms with Crippen LogP contribution in [0.25, 0.3) is 11.5 Å². The van der Waals surface area contributed by atoms with Crippen LogP contribution < -0.4 is 4.74 Å². The normalized spacial score (nSPS) is 11.8. The molecule has 0 unspecified atom stereocenters. The number of carbonyl (C=O) groups excluding carboxylic acids is 1. The molecular weight excluding hydrogens is 398 g/mol. The van der Waals surface area contributed by atoms with Crippen molar-refractivity contribution in [1.29, 1.82) is 0 Å². The molecular formula is C19H18BrN3O3. The summed E-state index contributed by atoms with van der Waals surface area (Å²) in [6.07, 6.45) is -0.627. The van der Waals surface area contributed by atoms with Crippen molar-refractivity contribution in [2.75, 3.05) is 7.05 Å². The summed E-state index contributed by atoms with van der Waals surface area (Å²) < 4.78 is 12.3. The zero-order valence-corrected chi connectivity index (χ0v) is 16.0. The minimum Gasteiger partial charge on any atom is -0.481 e. The third kappa shape index (κ3) is 4.49. The van der Waals surface area contributed by atoms with Gasteiger partial charge in [-0.25, -0.2) is 0 Å². The maximum atomic E-state index is 12.5. The highest BCUT2D eigenvalue weighted by atomic mass is 79.9. The van der Waals surface area contributed by atoms with Gasteiger partial charge in [0, 0.05) is 17.1 Å². The van der Waals surface area contributed by atoms with Gasteiger partial charge in [-0.15, -0.1) is 10.2 Å². The summed E-state index contributed by atoms with van der Waals surface area (Å²) in [5.74, 6) is 1.26. The molecule has 1 amide bonds. The Morgan fingerprint density at radius 1 is 1.15 bits per heavy atom. The topological polar surface area (TPSA) is 68.5 Å². The number of carbonyl (C=O) groups is 1. The third-order valence-corrected chi connectivity index (χ3v) is 4.24. The van der Waals surface area contributed by atoms with Gasteiger partial charge in [0.25, 0.3) is 5.91 Å². The number of likely N-dealkylation sites (N-methyl/N-ethyl adjacent to an activating group) is 1. The quantitative estimate of drug-likeness (QED) is 0.609. The van der Waals surface area contributed by atoms with Gasteiger partial charge in [-0.05, 0) is 43.3 Å². The van der Waals surface area contributed by atoms with Gasteiger partial charge in [0.2, 0.25) is 11.8 Å². The zero-order chi connectivity index (χ0) is 18.5. The molecule has 2 aromatic carbocycles. The molecule has 6 nitrogen and oxygen atoms in total. The maximum absolute atomic E-state index is 12.5. The smallest absolute Gasteiger partial charge is 0.263 e. The summed E-state index contributed by atoms with van der Waals surface area (Å²) >= 11 is 3.37. The van der Waals surface area contributed by atoms with Crippen molar-refractivity contribution in [3.05, 3.63) is 65.0 Å². The fraction of sp³-hybridized carbons (Fsp3) is 0.211. The number of hydrogen-bond donors (Lipinski definition) is 0. The number of benzene rings is 2. The van der Waals surface area contributed by atoms with Crippen molar-refractivity contribution in [2.45, 2.75) is 19.6 Å². The molecule has 1 heterocycles. The average Bonchev–Trinajstić information content (AvgIpc) is 3.12. The standard InChI is InChI=1S/C19H18BrN3O3/c1-13(25-16-10-8-15(20)9-11-16)19(24)23(2)12-17-21-22-18(26-17)14-6-4-3-5-7-14/h3-11,13H,12H2,1-2H3/t13-/m1/s1. The summed E-state index contributed by atoms with van der Waals surface area (Å²) in [7, 11) is 1.68. The van der Waals surface area contributed by atoms with Crippen LogP contribution in [0.4, 0.5) is 0 Å². The fourth-order valence-electron chi connectivity index (χ4n) is 2.37. The average molecular weight is 416 g/mol. The molecule has 0 spiro atoms. The predicted molar refractivity (Wildman–Crippen MR) is 100 cm³/mol. The lowest BCUT2D eigenvalue weighted by Crippen LogP contribution is -2.37. The molecule has 3 aromatic rings. The zero-order valence-electron chi connectivity index (χ0n) is 14.4. The molecule has 7 heteroatoms. The van der Waals surface area contributed by atoms with Crippen molar-refractivity contribution in [3.63, 3.8) is 0 Å². The van der Waals surface area contributed by atoms with E-state index in [1.807, 2.05) is 42.5 Å². The molecule has 0 N–H and O–H groups in total. The third-order valence-electron chi connectivity index (χ3n) is 3.71. The molecule has 134 valence electrons. The fourth-order valence-corrected chi connectivity index (χ4v) is 2.64. The molecule has 0 radical (unpaired) electrons. The first-order valence-corrected chi connectivity index (χ1v) is 8.87. The van der Waals surface area contributed by atoms with E-state index < -0.39 is 6.10 Å². The van der Waals surface area contributed by atoms with E-state index in [0.29, 0.717) is 17.5 Å². The molecule has 0 fully saturated rings. The summed E-state index contributed by atoms with van der Waals surface area (Å²) in [6, 6.07) is 16.8. The summed E-state index contributed by atoms with van der Waals surface area (Å²) in [4.78, 5) is 14.0. The second kappa shape index (κ2) is 8.14. The van der Waals surface area contributed by atoms with Crippen LogP contribution in [0.5, 0.6) is 5.75 Å². The van der Waals surface area contributed by atoms with Gasteiger partial charge < -0.3 is 14.1 Å². The lowest BCUT2D eigenvalue weighted by atomic mass is 10.2. The van der Waals surface area contributed by atoms with E-state index in [0.717, 1.165) is 10.0 Å². The number of aromatic nitrogens is 2. The number of halogens is 1. The second-order valence-corrected chi connectivity index (χ2v) is 6.69. The maximum Gasteiger partial charge on any atom is 0.263 e. The highest BCUT2D eigenvalue weighted by Gasteiger charge is 2.21. The SMILES string of the molecule is C[C@@H](Oc1ccc(Br)cc1)C(=O)N(C)Cc1nnc(-c2ccccc2)o1. The van der Waals surface area contributed by atoms with Crippen molar-refractivity contribution in [1.82, 2.24) is 15.1 Å². The van der Waals surface area contributed by atoms with Crippen LogP contribution in [0.1, 0.15) is 12.8 Å². The van der Waals surface area contributed by atoms with Gasteiger partial charge in [0.1, 0.15) is 5.75 Å². The Hall–Kier alpha value is -2.67. The van der Waals surface area contributed by atoms with E-state index >= 15 is 0 Å². The summed E-state index contributed by atoms with van der Waals surface area (Å²) in [5, 5.41) is 8.04. The lowest BCUT2D eigenvalue weighted by molar-refractivity contribution is -0.137. The van der Waals surface area contributed by atoms with Crippen molar-refractivity contribution < 1.29 is 13.9 Å². The summed E-state index contributed by atoms with van der Waals surface area (Å²) in [6.45, 7) is 1.93. The Kier molecular flexibility index (Phi) is 5.68. The van der Waals surface area contributed by atoms with Crippen molar-refractivity contribution >= 4 is 21.8 Å². The molecule has 0 aliphatic rings. The molecule has 0 saturated heterocycles. The minimum atomic E-state index is -0.627. The predicted octanol–water partition coefficient (Wildman–Crippen LogP) is 3.93. The Labute approximate surface area is 159 Å². The van der Waals surface area contributed by atoms with Crippen LogP contribution >= 0.6 is 15.9 Å².